The van der Waals surface area contributed by atoms with Crippen molar-refractivity contribution in [3.8, 4) is 0 Å². The van der Waals surface area contributed by atoms with Crippen LogP contribution in [0.2, 0.25) is 5.02 Å². The van der Waals surface area contributed by atoms with E-state index in [4.69, 9.17) is 11.6 Å². The molecule has 1 N–H and O–H groups in total. The van der Waals surface area contributed by atoms with E-state index in [2.05, 4.69) is 5.32 Å². The molecule has 7 nitrogen and oxygen atoms in total. The second kappa shape index (κ2) is 14.9. The van der Waals surface area contributed by atoms with E-state index in [1.54, 1.807) is 24.3 Å². The Morgan fingerprint density at radius 3 is 2.17 bits per heavy atom. The van der Waals surface area contributed by atoms with Gasteiger partial charge in [-0.15, -0.1) is 0 Å². The van der Waals surface area contributed by atoms with Crippen LogP contribution in [0.5, 0.6) is 0 Å². The summed E-state index contributed by atoms with van der Waals surface area (Å²) in [5.74, 6) is -0.689. The number of carbonyl (C=O) groups excluding carboxylic acids is 2. The Labute approximate surface area is 243 Å². The average molecular weight is 584 g/mol. The lowest BCUT2D eigenvalue weighted by atomic mass is 10.1. The quantitative estimate of drug-likeness (QED) is 0.250. The molecule has 3 aromatic rings. The van der Waals surface area contributed by atoms with Crippen LogP contribution in [0, 0.1) is 6.92 Å². The third kappa shape index (κ3) is 8.32. The zero-order valence-electron chi connectivity index (χ0n) is 23.3. The molecule has 0 saturated heterocycles. The number of hydrogen-bond acceptors (Lipinski definition) is 4. The van der Waals surface area contributed by atoms with Crippen LogP contribution in [0.1, 0.15) is 44.2 Å². The summed E-state index contributed by atoms with van der Waals surface area (Å²) in [5.41, 5.74) is 2.33. The Hall–Kier alpha value is -3.36. The largest absolute Gasteiger partial charge is 0.354 e. The second-order valence-electron chi connectivity index (χ2n) is 9.69. The Morgan fingerprint density at radius 2 is 1.57 bits per heavy atom. The summed E-state index contributed by atoms with van der Waals surface area (Å²) in [4.78, 5) is 28.7. The number of unbranched alkanes of at least 4 members (excludes halogenated alkanes) is 1. The molecular formula is C31H38ClN3O4S. The number of hydrogen-bond donors (Lipinski definition) is 1. The van der Waals surface area contributed by atoms with Gasteiger partial charge < -0.3 is 10.2 Å². The van der Waals surface area contributed by atoms with Crippen molar-refractivity contribution < 1.29 is 18.0 Å². The highest BCUT2D eigenvalue weighted by molar-refractivity contribution is 7.92. The van der Waals surface area contributed by atoms with Crippen molar-refractivity contribution in [1.82, 2.24) is 10.2 Å². The molecule has 0 aliphatic heterocycles. The van der Waals surface area contributed by atoms with Gasteiger partial charge in [0, 0.05) is 18.1 Å². The first-order chi connectivity index (χ1) is 19.2. The lowest BCUT2D eigenvalue weighted by molar-refractivity contribution is -0.139. The molecule has 0 saturated carbocycles. The highest BCUT2D eigenvalue weighted by Gasteiger charge is 2.33. The molecule has 2 amide bonds. The number of nitrogens with zero attached hydrogens (tertiary/aromatic N) is 2. The van der Waals surface area contributed by atoms with Crippen LogP contribution >= 0.6 is 11.6 Å². The van der Waals surface area contributed by atoms with E-state index in [0.717, 1.165) is 28.3 Å². The molecule has 1 atom stereocenters. The summed E-state index contributed by atoms with van der Waals surface area (Å²) in [6.07, 6.45) is 2.69. The molecule has 0 aromatic heterocycles. The maximum Gasteiger partial charge on any atom is 0.264 e. The van der Waals surface area contributed by atoms with Gasteiger partial charge in [0.1, 0.15) is 12.6 Å². The maximum atomic E-state index is 14.0. The summed E-state index contributed by atoms with van der Waals surface area (Å²) in [7, 11) is -4.12. The first kappa shape index (κ1) is 31.2. The number of sulfonamides is 1. The topological polar surface area (TPSA) is 86.8 Å². The van der Waals surface area contributed by atoms with Gasteiger partial charge in [-0.25, -0.2) is 8.42 Å². The molecule has 0 unspecified atom stereocenters. The predicted octanol–water partition coefficient (Wildman–Crippen LogP) is 5.61. The molecule has 0 bridgehead atoms. The average Bonchev–Trinajstić information content (AvgIpc) is 2.95. The molecule has 0 fully saturated rings. The fraction of sp³-hybridized carbons (Fsp3) is 0.355. The molecule has 3 aromatic carbocycles. The van der Waals surface area contributed by atoms with E-state index in [-0.39, 0.29) is 17.3 Å². The van der Waals surface area contributed by atoms with Gasteiger partial charge in [-0.05, 0) is 68.1 Å². The normalized spacial score (nSPS) is 12.0. The third-order valence-electron chi connectivity index (χ3n) is 6.70. The van der Waals surface area contributed by atoms with Crippen molar-refractivity contribution in [2.45, 2.75) is 57.4 Å². The van der Waals surface area contributed by atoms with E-state index in [1.807, 2.05) is 51.1 Å². The van der Waals surface area contributed by atoms with Crippen LogP contribution in [0.3, 0.4) is 0 Å². The second-order valence-corrected chi connectivity index (χ2v) is 12.0. The molecule has 3 rings (SSSR count). The fourth-order valence-electron chi connectivity index (χ4n) is 4.38. The Morgan fingerprint density at radius 1 is 0.925 bits per heavy atom. The molecule has 9 heteroatoms. The summed E-state index contributed by atoms with van der Waals surface area (Å²) >= 11 is 6.01. The number of amides is 2. The zero-order valence-corrected chi connectivity index (χ0v) is 24.9. The molecule has 0 aliphatic rings. The third-order valence-corrected chi connectivity index (χ3v) is 8.74. The number of rotatable bonds is 14. The van der Waals surface area contributed by atoms with E-state index >= 15 is 0 Å². The van der Waals surface area contributed by atoms with Crippen LogP contribution in [-0.4, -0.2) is 50.8 Å². The molecule has 214 valence electrons. The van der Waals surface area contributed by atoms with Gasteiger partial charge in [-0.2, -0.15) is 0 Å². The van der Waals surface area contributed by atoms with Crippen LogP contribution < -0.4 is 9.62 Å². The van der Waals surface area contributed by atoms with Crippen molar-refractivity contribution in [3.05, 3.63) is 95.0 Å². The van der Waals surface area contributed by atoms with Gasteiger partial charge in [0.05, 0.1) is 10.6 Å². The standard InChI is InChI=1S/C31H38ClN3O4S/c1-4-6-21-33-31(37)29(5-2)34(22-20-25-10-8-7-9-11-25)30(36)23-35(27-16-12-24(3)13-17-27)40(38,39)28-18-14-26(32)15-19-28/h7-19,29H,4-6,20-23H2,1-3H3,(H,33,37)/t29-/m1/s1. The number of anilines is 1. The van der Waals surface area contributed by atoms with Gasteiger partial charge in [-0.1, -0.05) is 79.9 Å². The summed E-state index contributed by atoms with van der Waals surface area (Å²) in [5, 5.41) is 3.35. The van der Waals surface area contributed by atoms with Crippen LogP contribution in [0.4, 0.5) is 5.69 Å². The smallest absolute Gasteiger partial charge is 0.264 e. The first-order valence-electron chi connectivity index (χ1n) is 13.6. The molecule has 0 spiro atoms. The van der Waals surface area contributed by atoms with Gasteiger partial charge in [0.2, 0.25) is 11.8 Å². The highest BCUT2D eigenvalue weighted by Crippen LogP contribution is 2.26. The Kier molecular flexibility index (Phi) is 11.6. The number of nitrogens with one attached hydrogen (secondary N) is 1. The summed E-state index contributed by atoms with van der Waals surface area (Å²) < 4.78 is 28.8. The minimum absolute atomic E-state index is 0.0189. The number of carbonyl (C=O) groups is 2. The van der Waals surface area contributed by atoms with Crippen molar-refractivity contribution in [3.63, 3.8) is 0 Å². The number of benzene rings is 3. The highest BCUT2D eigenvalue weighted by atomic mass is 35.5. The monoisotopic (exact) mass is 583 g/mol. The lowest BCUT2D eigenvalue weighted by Gasteiger charge is -2.33. The predicted molar refractivity (Wildman–Crippen MR) is 161 cm³/mol. The molecule has 0 aliphatic carbocycles. The van der Waals surface area contributed by atoms with E-state index in [9.17, 15) is 18.0 Å². The minimum Gasteiger partial charge on any atom is -0.354 e. The Balaban J connectivity index is 1.97. The zero-order chi connectivity index (χ0) is 29.1. The summed E-state index contributed by atoms with van der Waals surface area (Å²) in [6, 6.07) is 21.8. The van der Waals surface area contributed by atoms with E-state index in [0.29, 0.717) is 30.1 Å². The van der Waals surface area contributed by atoms with Crippen LogP contribution in [-0.2, 0) is 26.0 Å². The van der Waals surface area contributed by atoms with Gasteiger partial charge in [0.15, 0.2) is 0 Å². The SMILES string of the molecule is CCCCNC(=O)[C@@H](CC)N(CCc1ccccc1)C(=O)CN(c1ccc(C)cc1)S(=O)(=O)c1ccc(Cl)cc1. The summed E-state index contributed by atoms with van der Waals surface area (Å²) in [6.45, 7) is 6.14. The van der Waals surface area contributed by atoms with Crippen molar-refractivity contribution in [2.24, 2.45) is 0 Å². The number of halogens is 1. The molecule has 0 heterocycles. The Bertz CT molecular complexity index is 1350. The minimum atomic E-state index is -4.12. The van der Waals surface area contributed by atoms with Gasteiger partial charge >= 0.3 is 0 Å². The van der Waals surface area contributed by atoms with E-state index in [1.165, 1.54) is 29.2 Å². The molecule has 0 radical (unpaired) electrons. The molecule has 40 heavy (non-hydrogen) atoms. The van der Waals surface area contributed by atoms with Crippen LogP contribution in [0.15, 0.2) is 83.8 Å². The number of aryl methyl sites for hydroxylation is 1. The van der Waals surface area contributed by atoms with Crippen molar-refractivity contribution >= 4 is 39.1 Å². The van der Waals surface area contributed by atoms with Gasteiger partial charge in [-0.3, -0.25) is 13.9 Å². The van der Waals surface area contributed by atoms with E-state index < -0.39 is 28.5 Å². The fourth-order valence-corrected chi connectivity index (χ4v) is 5.92. The lowest BCUT2D eigenvalue weighted by Crippen LogP contribution is -2.53. The first-order valence-corrected chi connectivity index (χ1v) is 15.4. The van der Waals surface area contributed by atoms with Crippen molar-refractivity contribution in [2.75, 3.05) is 23.9 Å². The maximum absolute atomic E-state index is 14.0. The van der Waals surface area contributed by atoms with Crippen LogP contribution in [0.25, 0.3) is 0 Å². The van der Waals surface area contributed by atoms with Crippen molar-refractivity contribution in [1.29, 1.82) is 0 Å². The van der Waals surface area contributed by atoms with Gasteiger partial charge in [0.25, 0.3) is 10.0 Å². The molecular weight excluding hydrogens is 546 g/mol.